The van der Waals surface area contributed by atoms with Crippen LogP contribution in [0.3, 0.4) is 0 Å². The summed E-state index contributed by atoms with van der Waals surface area (Å²) in [6, 6.07) is 17.1. The van der Waals surface area contributed by atoms with Crippen LogP contribution in [0, 0.1) is 0 Å². The van der Waals surface area contributed by atoms with Crippen molar-refractivity contribution in [1.82, 2.24) is 0 Å². The Kier molecular flexibility index (Phi) is 7.08. The number of carbonyl (C=O) groups excluding carboxylic acids is 2. The lowest BCUT2D eigenvalue weighted by Gasteiger charge is -2.41. The molecule has 0 aromatic heterocycles. The number of methoxy groups -OCH3 is 1. The average molecular weight is 500 g/mol. The maximum absolute atomic E-state index is 12.9. The Morgan fingerprint density at radius 3 is 2.18 bits per heavy atom. The maximum Gasteiger partial charge on any atom is 0.365 e. The number of hydrazone groups is 1. The molecule has 1 unspecified atom stereocenters. The van der Waals surface area contributed by atoms with Crippen LogP contribution >= 0.6 is 23.5 Å². The Hall–Kier alpha value is -3.11. The van der Waals surface area contributed by atoms with Crippen molar-refractivity contribution in [3.63, 3.8) is 0 Å². The number of ether oxygens (including phenoxy) is 3. The van der Waals surface area contributed by atoms with Gasteiger partial charge in [-0.1, -0.05) is 30.0 Å². The molecule has 2 aliphatic rings. The first kappa shape index (κ1) is 24.0. The summed E-state index contributed by atoms with van der Waals surface area (Å²) in [5, 5.41) is 6.62. The normalized spacial score (nSPS) is 19.5. The number of carbonyl (C=O) groups is 2. The predicted molar refractivity (Wildman–Crippen MR) is 136 cm³/mol. The van der Waals surface area contributed by atoms with Crippen LogP contribution in [0.25, 0.3) is 0 Å². The average Bonchev–Trinajstić information content (AvgIpc) is 3.37. The summed E-state index contributed by atoms with van der Waals surface area (Å²) in [6.07, 6.45) is 0. The minimum Gasteiger partial charge on any atom is -0.497 e. The highest BCUT2D eigenvalue weighted by Crippen LogP contribution is 2.60. The fourth-order valence-electron chi connectivity index (χ4n) is 3.65. The minimum absolute atomic E-state index is 0.198. The zero-order chi connectivity index (χ0) is 24.3. The number of anilines is 2. The molecule has 34 heavy (non-hydrogen) atoms. The molecule has 178 valence electrons. The van der Waals surface area contributed by atoms with Crippen molar-refractivity contribution < 1.29 is 23.8 Å². The summed E-state index contributed by atoms with van der Waals surface area (Å²) >= 11 is 2.54. The molecule has 1 spiro atoms. The highest BCUT2D eigenvalue weighted by Gasteiger charge is 2.58. The SMILES string of the molecule is CCOC(=O)C1=NN(c2ccc(OC)cc2)C2(S1)SC(C(=O)OCC)=C(C)N2c1ccccc1. The van der Waals surface area contributed by atoms with E-state index in [0.29, 0.717) is 16.4 Å². The highest BCUT2D eigenvalue weighted by atomic mass is 32.2. The van der Waals surface area contributed by atoms with Crippen molar-refractivity contribution in [2.24, 2.45) is 5.10 Å². The first-order chi connectivity index (χ1) is 16.4. The topological polar surface area (TPSA) is 80.7 Å². The van der Waals surface area contributed by atoms with Crippen molar-refractivity contribution in [3.05, 3.63) is 65.2 Å². The number of allylic oxidation sites excluding steroid dienone is 1. The first-order valence-corrected chi connectivity index (χ1v) is 12.4. The van der Waals surface area contributed by atoms with Crippen molar-refractivity contribution >= 4 is 51.9 Å². The number of para-hydroxylation sites is 1. The van der Waals surface area contributed by atoms with Crippen molar-refractivity contribution in [2.75, 3.05) is 30.2 Å². The van der Waals surface area contributed by atoms with Crippen molar-refractivity contribution in [2.45, 2.75) is 25.1 Å². The largest absolute Gasteiger partial charge is 0.497 e. The van der Waals surface area contributed by atoms with Crippen LogP contribution in [0.15, 0.2) is 70.3 Å². The molecule has 0 saturated heterocycles. The van der Waals surface area contributed by atoms with Crippen LogP contribution in [-0.4, -0.2) is 41.6 Å². The Bertz CT molecular complexity index is 1140. The second kappa shape index (κ2) is 10.0. The molecule has 0 N–H and O–H groups in total. The van der Waals surface area contributed by atoms with Crippen LogP contribution in [-0.2, 0) is 19.1 Å². The molecule has 0 radical (unpaired) electrons. The van der Waals surface area contributed by atoms with E-state index in [-0.39, 0.29) is 18.3 Å². The van der Waals surface area contributed by atoms with E-state index in [1.807, 2.05) is 66.4 Å². The lowest BCUT2D eigenvalue weighted by atomic mass is 10.2. The lowest BCUT2D eigenvalue weighted by Crippen LogP contribution is -2.49. The Labute approximate surface area is 206 Å². The van der Waals surface area contributed by atoms with E-state index < -0.39 is 16.3 Å². The van der Waals surface area contributed by atoms with E-state index in [1.54, 1.807) is 26.0 Å². The van der Waals surface area contributed by atoms with Gasteiger partial charge in [0.15, 0.2) is 0 Å². The van der Waals surface area contributed by atoms with Gasteiger partial charge in [-0.25, -0.2) is 14.6 Å². The van der Waals surface area contributed by atoms with E-state index in [2.05, 4.69) is 5.10 Å². The smallest absolute Gasteiger partial charge is 0.365 e. The van der Waals surface area contributed by atoms with E-state index in [1.165, 1.54) is 23.5 Å². The lowest BCUT2D eigenvalue weighted by molar-refractivity contribution is -0.137. The van der Waals surface area contributed by atoms with Crippen LogP contribution < -0.4 is 14.6 Å². The van der Waals surface area contributed by atoms with Gasteiger partial charge in [0.2, 0.25) is 9.37 Å². The third kappa shape index (κ3) is 4.23. The van der Waals surface area contributed by atoms with E-state index >= 15 is 0 Å². The molecule has 0 fully saturated rings. The van der Waals surface area contributed by atoms with Gasteiger partial charge in [0.1, 0.15) is 10.7 Å². The van der Waals surface area contributed by atoms with Gasteiger partial charge in [-0.05, 0) is 68.9 Å². The number of esters is 2. The molecule has 2 aromatic carbocycles. The van der Waals surface area contributed by atoms with Crippen molar-refractivity contribution in [3.8, 4) is 5.75 Å². The Morgan fingerprint density at radius 1 is 0.912 bits per heavy atom. The summed E-state index contributed by atoms with van der Waals surface area (Å²) in [5.74, 6) is -0.235. The number of benzene rings is 2. The highest BCUT2D eigenvalue weighted by molar-refractivity contribution is 8.29. The van der Waals surface area contributed by atoms with Crippen LogP contribution in [0.2, 0.25) is 0 Å². The summed E-state index contributed by atoms with van der Waals surface area (Å²) in [6.45, 7) is 5.88. The molecule has 1 atom stereocenters. The Morgan fingerprint density at radius 2 is 1.56 bits per heavy atom. The third-order valence-corrected chi connectivity index (χ3v) is 7.96. The molecule has 0 saturated carbocycles. The maximum atomic E-state index is 12.9. The Balaban J connectivity index is 1.87. The predicted octanol–water partition coefficient (Wildman–Crippen LogP) is 4.78. The van der Waals surface area contributed by atoms with Gasteiger partial charge >= 0.3 is 11.9 Å². The van der Waals surface area contributed by atoms with Gasteiger partial charge in [0.25, 0.3) is 0 Å². The number of rotatable bonds is 7. The van der Waals surface area contributed by atoms with Crippen molar-refractivity contribution in [1.29, 1.82) is 0 Å². The van der Waals surface area contributed by atoms with Gasteiger partial charge in [-0.3, -0.25) is 0 Å². The monoisotopic (exact) mass is 499 g/mol. The molecular formula is C24H25N3O5S2. The second-order valence-electron chi connectivity index (χ2n) is 7.19. The molecule has 0 aliphatic carbocycles. The second-order valence-corrected chi connectivity index (χ2v) is 9.79. The first-order valence-electron chi connectivity index (χ1n) is 10.8. The number of thioether (sulfide) groups is 2. The molecule has 2 aromatic rings. The van der Waals surface area contributed by atoms with Gasteiger partial charge < -0.3 is 19.1 Å². The summed E-state index contributed by atoms with van der Waals surface area (Å²) in [5.41, 5.74) is 2.28. The van der Waals surface area contributed by atoms with Gasteiger partial charge in [-0.2, -0.15) is 5.10 Å². The number of nitrogens with zero attached hydrogens (tertiary/aromatic N) is 3. The van der Waals surface area contributed by atoms with Crippen LogP contribution in [0.4, 0.5) is 11.4 Å². The van der Waals surface area contributed by atoms with Gasteiger partial charge in [0.05, 0.1) is 26.0 Å². The van der Waals surface area contributed by atoms with E-state index in [4.69, 9.17) is 14.2 Å². The standard InChI is InChI=1S/C24H25N3O5S2/c1-5-31-22(28)20-16(3)26(17-10-8-7-9-11-17)24(33-20)27(18-12-14-19(30-4)15-13-18)25-21(34-24)23(29)32-6-2/h7-15H,5-6H2,1-4H3. The van der Waals surface area contributed by atoms with Crippen LogP contribution in [0.1, 0.15) is 20.8 Å². The molecule has 0 amide bonds. The zero-order valence-electron chi connectivity index (χ0n) is 19.3. The number of hydrogen-bond acceptors (Lipinski definition) is 10. The summed E-state index contributed by atoms with van der Waals surface area (Å²) < 4.78 is 14.9. The molecule has 2 heterocycles. The quantitative estimate of drug-likeness (QED) is 0.500. The molecule has 2 aliphatic heterocycles. The fourth-order valence-corrected chi connectivity index (χ4v) is 6.60. The molecular weight excluding hydrogens is 474 g/mol. The van der Waals surface area contributed by atoms with Crippen LogP contribution in [0.5, 0.6) is 5.75 Å². The molecule has 0 bridgehead atoms. The summed E-state index contributed by atoms with van der Waals surface area (Å²) in [4.78, 5) is 28.1. The summed E-state index contributed by atoms with van der Waals surface area (Å²) in [7, 11) is 1.60. The van der Waals surface area contributed by atoms with E-state index in [9.17, 15) is 9.59 Å². The molecule has 4 rings (SSSR count). The molecule has 10 heteroatoms. The van der Waals surface area contributed by atoms with Gasteiger partial charge in [-0.15, -0.1) is 0 Å². The fraction of sp³-hybridized carbons (Fsp3) is 0.292. The van der Waals surface area contributed by atoms with E-state index in [0.717, 1.165) is 11.4 Å². The van der Waals surface area contributed by atoms with Gasteiger partial charge in [0, 0.05) is 11.4 Å². The number of hydrogen-bond donors (Lipinski definition) is 0. The molecule has 8 nitrogen and oxygen atoms in total. The third-order valence-electron chi connectivity index (χ3n) is 5.11. The minimum atomic E-state index is -1.02. The zero-order valence-corrected chi connectivity index (χ0v) is 20.9.